The standard InChI is InChI=1S/C23H32N4O3S/c1-19-7-4-5-8-22(19)24-31(29,30)21-11-9-20(10-12-21)23(28)26(3)13-6-14-27-17-15-25(2)16-18-27/h4-5,7-12,24H,6,13-18H2,1-3H3. The second-order valence-corrected chi connectivity index (χ2v) is 9.85. The molecule has 0 spiro atoms. The molecule has 0 radical (unpaired) electrons. The Morgan fingerprint density at radius 1 is 1.03 bits per heavy atom. The molecule has 1 amide bonds. The van der Waals surface area contributed by atoms with Gasteiger partial charge in [0.05, 0.1) is 10.6 Å². The molecule has 0 aromatic heterocycles. The number of sulfonamides is 1. The lowest BCUT2D eigenvalue weighted by molar-refractivity contribution is 0.0783. The lowest BCUT2D eigenvalue weighted by Gasteiger charge is -2.32. The lowest BCUT2D eigenvalue weighted by atomic mass is 10.2. The Kier molecular flexibility index (Phi) is 7.69. The first kappa shape index (κ1) is 23.2. The summed E-state index contributed by atoms with van der Waals surface area (Å²) >= 11 is 0. The summed E-state index contributed by atoms with van der Waals surface area (Å²) < 4.78 is 27.9. The van der Waals surface area contributed by atoms with Gasteiger partial charge in [-0.2, -0.15) is 0 Å². The van der Waals surface area contributed by atoms with E-state index in [1.807, 2.05) is 19.1 Å². The van der Waals surface area contributed by atoms with Gasteiger partial charge < -0.3 is 14.7 Å². The fourth-order valence-corrected chi connectivity index (χ4v) is 4.72. The third-order valence-electron chi connectivity index (χ3n) is 5.71. The van der Waals surface area contributed by atoms with Gasteiger partial charge in [-0.3, -0.25) is 9.52 Å². The fourth-order valence-electron chi connectivity index (χ4n) is 3.59. The molecule has 1 aliphatic heterocycles. The highest BCUT2D eigenvalue weighted by Crippen LogP contribution is 2.20. The van der Waals surface area contributed by atoms with E-state index in [-0.39, 0.29) is 10.8 Å². The highest BCUT2D eigenvalue weighted by Gasteiger charge is 2.18. The van der Waals surface area contributed by atoms with Gasteiger partial charge in [0.15, 0.2) is 0 Å². The predicted octanol–water partition coefficient (Wildman–Crippen LogP) is 2.51. The number of hydrogen-bond acceptors (Lipinski definition) is 5. The lowest BCUT2D eigenvalue weighted by Crippen LogP contribution is -2.45. The van der Waals surface area contributed by atoms with Gasteiger partial charge >= 0.3 is 0 Å². The van der Waals surface area contributed by atoms with Gasteiger partial charge in [-0.15, -0.1) is 0 Å². The van der Waals surface area contributed by atoms with Crippen LogP contribution in [0.5, 0.6) is 0 Å². The molecule has 7 nitrogen and oxygen atoms in total. The van der Waals surface area contributed by atoms with Crippen LogP contribution in [-0.4, -0.2) is 82.4 Å². The van der Waals surface area contributed by atoms with Crippen molar-refractivity contribution in [1.82, 2.24) is 14.7 Å². The van der Waals surface area contributed by atoms with Crippen molar-refractivity contribution in [2.45, 2.75) is 18.2 Å². The summed E-state index contributed by atoms with van der Waals surface area (Å²) in [6, 6.07) is 13.3. The van der Waals surface area contributed by atoms with Crippen LogP contribution in [0.25, 0.3) is 0 Å². The largest absolute Gasteiger partial charge is 0.342 e. The number of benzene rings is 2. The second kappa shape index (κ2) is 10.3. The molecule has 0 aliphatic carbocycles. The van der Waals surface area contributed by atoms with E-state index in [0.29, 0.717) is 17.8 Å². The fraction of sp³-hybridized carbons (Fsp3) is 0.435. The number of aryl methyl sites for hydroxylation is 1. The minimum absolute atomic E-state index is 0.103. The van der Waals surface area contributed by atoms with Crippen molar-refractivity contribution in [3.63, 3.8) is 0 Å². The number of hydrogen-bond donors (Lipinski definition) is 1. The van der Waals surface area contributed by atoms with Crippen LogP contribution >= 0.6 is 0 Å². The maximum atomic E-state index is 12.7. The molecule has 0 atom stereocenters. The molecule has 0 bridgehead atoms. The Bertz CT molecular complexity index is 984. The van der Waals surface area contributed by atoms with E-state index in [9.17, 15) is 13.2 Å². The Labute approximate surface area is 185 Å². The molecule has 3 rings (SSSR count). The molecule has 168 valence electrons. The quantitative estimate of drug-likeness (QED) is 0.677. The van der Waals surface area contributed by atoms with E-state index in [2.05, 4.69) is 21.6 Å². The highest BCUT2D eigenvalue weighted by molar-refractivity contribution is 7.92. The summed E-state index contributed by atoms with van der Waals surface area (Å²) in [6.45, 7) is 7.80. The molecule has 0 saturated carbocycles. The van der Waals surface area contributed by atoms with E-state index in [1.54, 1.807) is 36.2 Å². The molecular weight excluding hydrogens is 412 g/mol. The molecule has 1 saturated heterocycles. The third kappa shape index (κ3) is 6.29. The SMILES string of the molecule is Cc1ccccc1NS(=O)(=O)c1ccc(C(=O)N(C)CCCN2CCN(C)CC2)cc1. The third-order valence-corrected chi connectivity index (χ3v) is 7.09. The molecule has 2 aromatic rings. The number of nitrogens with zero attached hydrogens (tertiary/aromatic N) is 3. The Balaban J connectivity index is 1.54. The van der Waals surface area contributed by atoms with Gasteiger partial charge in [0.2, 0.25) is 0 Å². The van der Waals surface area contributed by atoms with E-state index in [1.165, 1.54) is 12.1 Å². The first-order valence-electron chi connectivity index (χ1n) is 10.6. The number of amides is 1. The van der Waals surface area contributed by atoms with Crippen LogP contribution in [0, 0.1) is 6.92 Å². The summed E-state index contributed by atoms with van der Waals surface area (Å²) in [7, 11) is 0.213. The maximum absolute atomic E-state index is 12.7. The van der Waals surface area contributed by atoms with Gasteiger partial charge in [0.1, 0.15) is 0 Å². The van der Waals surface area contributed by atoms with Crippen LogP contribution in [0.15, 0.2) is 53.4 Å². The first-order valence-corrected chi connectivity index (χ1v) is 12.1. The molecular formula is C23H32N4O3S. The summed E-state index contributed by atoms with van der Waals surface area (Å²) in [4.78, 5) is 19.3. The van der Waals surface area contributed by atoms with Gasteiger partial charge in [0.25, 0.3) is 15.9 Å². The molecule has 1 N–H and O–H groups in total. The van der Waals surface area contributed by atoms with Crippen molar-refractivity contribution in [3.8, 4) is 0 Å². The molecule has 1 fully saturated rings. The molecule has 1 aliphatic rings. The highest BCUT2D eigenvalue weighted by atomic mass is 32.2. The van der Waals surface area contributed by atoms with Gasteiger partial charge in [-0.05, 0) is 62.8 Å². The zero-order chi connectivity index (χ0) is 22.4. The Morgan fingerprint density at radius 2 is 1.68 bits per heavy atom. The Morgan fingerprint density at radius 3 is 2.32 bits per heavy atom. The van der Waals surface area contributed by atoms with Crippen molar-refractivity contribution >= 4 is 21.6 Å². The number of carbonyl (C=O) groups excluding carboxylic acids is 1. The average Bonchev–Trinajstić information content (AvgIpc) is 2.76. The van der Waals surface area contributed by atoms with Crippen LogP contribution in [0.1, 0.15) is 22.3 Å². The minimum atomic E-state index is -3.71. The van der Waals surface area contributed by atoms with E-state index >= 15 is 0 Å². The summed E-state index contributed by atoms with van der Waals surface area (Å²) in [5, 5.41) is 0. The molecule has 1 heterocycles. The summed E-state index contributed by atoms with van der Waals surface area (Å²) in [5.41, 5.74) is 1.87. The maximum Gasteiger partial charge on any atom is 0.261 e. The van der Waals surface area contributed by atoms with E-state index in [4.69, 9.17) is 0 Å². The van der Waals surface area contributed by atoms with E-state index in [0.717, 1.165) is 44.7 Å². The zero-order valence-electron chi connectivity index (χ0n) is 18.5. The van der Waals surface area contributed by atoms with Crippen molar-refractivity contribution in [2.24, 2.45) is 0 Å². The number of piperazine rings is 1. The number of nitrogens with one attached hydrogen (secondary N) is 1. The summed E-state index contributed by atoms with van der Waals surface area (Å²) in [5.74, 6) is -0.103. The summed E-state index contributed by atoms with van der Waals surface area (Å²) in [6.07, 6.45) is 0.915. The van der Waals surface area contributed by atoms with E-state index < -0.39 is 10.0 Å². The van der Waals surface area contributed by atoms with Crippen molar-refractivity contribution in [3.05, 3.63) is 59.7 Å². The van der Waals surface area contributed by atoms with Gasteiger partial charge in [-0.1, -0.05) is 18.2 Å². The normalized spacial score (nSPS) is 15.6. The monoisotopic (exact) mass is 444 g/mol. The van der Waals surface area contributed by atoms with Crippen LogP contribution < -0.4 is 4.72 Å². The molecule has 0 unspecified atom stereocenters. The smallest absolute Gasteiger partial charge is 0.261 e. The molecule has 31 heavy (non-hydrogen) atoms. The Hall–Kier alpha value is -2.42. The number of carbonyl (C=O) groups is 1. The van der Waals surface area contributed by atoms with Gasteiger partial charge in [0, 0.05) is 45.3 Å². The zero-order valence-corrected chi connectivity index (χ0v) is 19.4. The molecule has 2 aromatic carbocycles. The van der Waals surface area contributed by atoms with Crippen LogP contribution in [0.3, 0.4) is 0 Å². The number of anilines is 1. The predicted molar refractivity (Wildman–Crippen MR) is 124 cm³/mol. The second-order valence-electron chi connectivity index (χ2n) is 8.17. The topological polar surface area (TPSA) is 73.0 Å². The number of likely N-dealkylation sites (N-methyl/N-ethyl adjacent to an activating group) is 1. The van der Waals surface area contributed by atoms with Gasteiger partial charge in [-0.25, -0.2) is 8.42 Å². The van der Waals surface area contributed by atoms with Crippen LogP contribution in [-0.2, 0) is 10.0 Å². The first-order chi connectivity index (χ1) is 14.8. The van der Waals surface area contributed by atoms with Crippen molar-refractivity contribution in [1.29, 1.82) is 0 Å². The van der Waals surface area contributed by atoms with Crippen LogP contribution in [0.2, 0.25) is 0 Å². The van der Waals surface area contributed by atoms with Crippen LogP contribution in [0.4, 0.5) is 5.69 Å². The van der Waals surface area contributed by atoms with Crippen molar-refractivity contribution in [2.75, 3.05) is 58.1 Å². The average molecular weight is 445 g/mol. The number of para-hydroxylation sites is 1. The number of rotatable bonds is 8. The minimum Gasteiger partial charge on any atom is -0.342 e. The molecule has 8 heteroatoms. The van der Waals surface area contributed by atoms with Crippen molar-refractivity contribution < 1.29 is 13.2 Å².